The molecule has 1 unspecified atom stereocenters. The molecule has 15 heavy (non-hydrogen) atoms. The maximum atomic E-state index is 5.89. The molecule has 0 aliphatic heterocycles. The normalized spacial score (nSPS) is 13.8. The molecule has 2 N–H and O–H groups in total. The fourth-order valence-electron chi connectivity index (χ4n) is 2.34. The molecule has 2 nitrogen and oxygen atoms in total. The molecule has 0 rings (SSSR count). The number of likely N-dealkylation sites (N-methyl/N-ethyl adjacent to an activating group) is 1. The zero-order chi connectivity index (χ0) is 11.7. The fourth-order valence-corrected chi connectivity index (χ4v) is 2.34. The van der Waals surface area contributed by atoms with E-state index < -0.39 is 0 Å². The lowest BCUT2D eigenvalue weighted by Crippen LogP contribution is -2.43. The summed E-state index contributed by atoms with van der Waals surface area (Å²) in [6.07, 6.45) is 6.44. The number of rotatable bonds is 9. The quantitative estimate of drug-likeness (QED) is 0.598. The second kappa shape index (κ2) is 9.17. The van der Waals surface area contributed by atoms with Gasteiger partial charge in [0.2, 0.25) is 0 Å². The van der Waals surface area contributed by atoms with E-state index in [2.05, 4.69) is 32.7 Å². The Balaban J connectivity index is 4.01. The molecule has 0 radical (unpaired) electrons. The van der Waals surface area contributed by atoms with Crippen LogP contribution in [0.3, 0.4) is 0 Å². The average molecular weight is 214 g/mol. The van der Waals surface area contributed by atoms with E-state index >= 15 is 0 Å². The Morgan fingerprint density at radius 1 is 1.07 bits per heavy atom. The number of hydrogen-bond acceptors (Lipinski definition) is 2. The second-order valence-electron chi connectivity index (χ2n) is 4.57. The van der Waals surface area contributed by atoms with Gasteiger partial charge in [-0.1, -0.05) is 46.5 Å². The van der Waals surface area contributed by atoms with Crippen LogP contribution in [-0.2, 0) is 0 Å². The number of nitrogens with two attached hydrogens (primary N) is 1. The Morgan fingerprint density at radius 2 is 1.67 bits per heavy atom. The first-order valence-electron chi connectivity index (χ1n) is 6.61. The Kier molecular flexibility index (Phi) is 9.12. The lowest BCUT2D eigenvalue weighted by molar-refractivity contribution is 0.169. The van der Waals surface area contributed by atoms with Gasteiger partial charge in [0.05, 0.1) is 0 Å². The Bertz CT molecular complexity index is 132. The summed E-state index contributed by atoms with van der Waals surface area (Å²) in [7, 11) is 2.23. The molecule has 0 bridgehead atoms. The second-order valence-corrected chi connectivity index (χ2v) is 4.57. The van der Waals surface area contributed by atoms with Crippen LogP contribution in [0.4, 0.5) is 0 Å². The van der Waals surface area contributed by atoms with Gasteiger partial charge in [0.25, 0.3) is 0 Å². The molecule has 0 aliphatic rings. The third-order valence-corrected chi connectivity index (χ3v) is 3.51. The maximum absolute atomic E-state index is 5.89. The van der Waals surface area contributed by atoms with Crippen LogP contribution in [0, 0.1) is 5.92 Å². The minimum atomic E-state index is 0.580. The Hall–Kier alpha value is -0.0800. The van der Waals surface area contributed by atoms with Gasteiger partial charge in [0.1, 0.15) is 0 Å². The summed E-state index contributed by atoms with van der Waals surface area (Å²) >= 11 is 0. The molecule has 0 aliphatic carbocycles. The summed E-state index contributed by atoms with van der Waals surface area (Å²) in [5, 5.41) is 0. The first-order chi connectivity index (χ1) is 7.21. The molecule has 0 saturated heterocycles. The van der Waals surface area contributed by atoms with Gasteiger partial charge >= 0.3 is 0 Å². The molecule has 0 saturated carbocycles. The van der Waals surface area contributed by atoms with Crippen molar-refractivity contribution in [1.29, 1.82) is 0 Å². The highest BCUT2D eigenvalue weighted by molar-refractivity contribution is 4.77. The number of hydrogen-bond donors (Lipinski definition) is 1. The summed E-state index contributed by atoms with van der Waals surface area (Å²) in [4.78, 5) is 2.47. The predicted octanol–water partition coefficient (Wildman–Crippen LogP) is 2.87. The van der Waals surface area contributed by atoms with Gasteiger partial charge in [-0.25, -0.2) is 0 Å². The average Bonchev–Trinajstić information content (AvgIpc) is 2.25. The van der Waals surface area contributed by atoms with E-state index in [-0.39, 0.29) is 0 Å². The van der Waals surface area contributed by atoms with E-state index in [1.165, 1.54) is 38.6 Å². The van der Waals surface area contributed by atoms with Crippen LogP contribution < -0.4 is 5.73 Å². The zero-order valence-corrected chi connectivity index (χ0v) is 11.1. The Morgan fingerprint density at radius 3 is 2.07 bits per heavy atom. The van der Waals surface area contributed by atoms with E-state index in [4.69, 9.17) is 5.73 Å². The lowest BCUT2D eigenvalue weighted by atomic mass is 9.93. The van der Waals surface area contributed by atoms with E-state index in [0.717, 1.165) is 12.5 Å². The largest absolute Gasteiger partial charge is 0.329 e. The summed E-state index contributed by atoms with van der Waals surface area (Å²) in [6, 6.07) is 0.580. The molecule has 0 spiro atoms. The molecular formula is C13H30N2. The van der Waals surface area contributed by atoms with Gasteiger partial charge < -0.3 is 10.6 Å². The first-order valence-corrected chi connectivity index (χ1v) is 6.61. The van der Waals surface area contributed by atoms with Crippen LogP contribution >= 0.6 is 0 Å². The van der Waals surface area contributed by atoms with Gasteiger partial charge in [-0.2, -0.15) is 0 Å². The highest BCUT2D eigenvalue weighted by Gasteiger charge is 2.20. The van der Waals surface area contributed by atoms with Crippen LogP contribution in [0.1, 0.15) is 52.9 Å². The first kappa shape index (κ1) is 14.9. The lowest BCUT2D eigenvalue weighted by Gasteiger charge is -2.33. The van der Waals surface area contributed by atoms with E-state index in [1.807, 2.05) is 0 Å². The van der Waals surface area contributed by atoms with Crippen molar-refractivity contribution in [2.45, 2.75) is 58.9 Å². The van der Waals surface area contributed by atoms with Gasteiger partial charge in [0.15, 0.2) is 0 Å². The van der Waals surface area contributed by atoms with Crippen molar-refractivity contribution in [3.63, 3.8) is 0 Å². The van der Waals surface area contributed by atoms with E-state index in [0.29, 0.717) is 6.04 Å². The fraction of sp³-hybridized carbons (Fsp3) is 1.00. The van der Waals surface area contributed by atoms with Crippen molar-refractivity contribution in [2.24, 2.45) is 11.7 Å². The van der Waals surface area contributed by atoms with Crippen molar-refractivity contribution in [3.8, 4) is 0 Å². The molecule has 0 amide bonds. The van der Waals surface area contributed by atoms with Gasteiger partial charge in [-0.15, -0.1) is 0 Å². The Labute approximate surface area is 96.2 Å². The van der Waals surface area contributed by atoms with Crippen molar-refractivity contribution < 1.29 is 0 Å². The molecule has 1 atom stereocenters. The van der Waals surface area contributed by atoms with Crippen molar-refractivity contribution in [3.05, 3.63) is 0 Å². The number of unbranched alkanes of at least 4 members (excludes halogenated alkanes) is 2. The van der Waals surface area contributed by atoms with Crippen LogP contribution in [0.5, 0.6) is 0 Å². The third kappa shape index (κ3) is 5.53. The van der Waals surface area contributed by atoms with Crippen LogP contribution in [0.25, 0.3) is 0 Å². The molecular weight excluding hydrogens is 184 g/mol. The highest BCUT2D eigenvalue weighted by Crippen LogP contribution is 2.17. The zero-order valence-electron chi connectivity index (χ0n) is 11.1. The van der Waals surface area contributed by atoms with Gasteiger partial charge in [-0.3, -0.25) is 0 Å². The summed E-state index contributed by atoms with van der Waals surface area (Å²) in [5.74, 6) is 0.765. The highest BCUT2D eigenvalue weighted by atomic mass is 15.1. The van der Waals surface area contributed by atoms with E-state index in [9.17, 15) is 0 Å². The molecule has 0 fully saturated rings. The van der Waals surface area contributed by atoms with Crippen molar-refractivity contribution in [1.82, 2.24) is 4.90 Å². The minimum Gasteiger partial charge on any atom is -0.329 e. The van der Waals surface area contributed by atoms with Gasteiger partial charge in [0, 0.05) is 12.6 Å². The van der Waals surface area contributed by atoms with Gasteiger partial charge in [-0.05, 0) is 25.9 Å². The SMILES string of the molecule is CCCCCN(C)C(CN)C(CC)CC. The standard InChI is InChI=1S/C13H30N2/c1-5-8-9-10-15(4)13(11-14)12(6-2)7-3/h12-13H,5-11,14H2,1-4H3. The molecule has 92 valence electrons. The van der Waals surface area contributed by atoms with Crippen LogP contribution in [0.2, 0.25) is 0 Å². The topological polar surface area (TPSA) is 29.3 Å². The smallest absolute Gasteiger partial charge is 0.0243 e. The maximum Gasteiger partial charge on any atom is 0.0243 e. The van der Waals surface area contributed by atoms with Crippen LogP contribution in [0.15, 0.2) is 0 Å². The van der Waals surface area contributed by atoms with Crippen LogP contribution in [-0.4, -0.2) is 31.1 Å². The molecule has 0 aromatic heterocycles. The van der Waals surface area contributed by atoms with Crippen molar-refractivity contribution in [2.75, 3.05) is 20.1 Å². The number of nitrogens with zero attached hydrogens (tertiary/aromatic N) is 1. The molecule has 0 aromatic carbocycles. The third-order valence-electron chi connectivity index (χ3n) is 3.51. The van der Waals surface area contributed by atoms with E-state index in [1.54, 1.807) is 0 Å². The minimum absolute atomic E-state index is 0.580. The monoisotopic (exact) mass is 214 g/mol. The summed E-state index contributed by atoms with van der Waals surface area (Å²) in [5.41, 5.74) is 5.89. The summed E-state index contributed by atoms with van der Waals surface area (Å²) < 4.78 is 0. The molecule has 2 heteroatoms. The molecule has 0 aromatic rings. The van der Waals surface area contributed by atoms with Crippen molar-refractivity contribution >= 4 is 0 Å². The summed E-state index contributed by atoms with van der Waals surface area (Å²) in [6.45, 7) is 8.80. The molecule has 0 heterocycles. The predicted molar refractivity (Wildman–Crippen MR) is 69.1 cm³/mol.